The number of aryl methyl sites for hydroxylation is 2. The molecule has 0 fully saturated rings. The van der Waals surface area contributed by atoms with Crippen molar-refractivity contribution >= 4 is 5.69 Å². The Bertz CT molecular complexity index is 610. The third kappa shape index (κ3) is 2.41. The zero-order valence-electron chi connectivity index (χ0n) is 10.7. The minimum Gasteiger partial charge on any atom is -0.455 e. The fraction of sp³-hybridized carbons (Fsp3) is 0.250. The van der Waals surface area contributed by atoms with Gasteiger partial charge in [0.05, 0.1) is 0 Å². The summed E-state index contributed by atoms with van der Waals surface area (Å²) in [4.78, 5) is 0. The van der Waals surface area contributed by atoms with Crippen molar-refractivity contribution in [2.24, 2.45) is 0 Å². The molecule has 1 aliphatic rings. The van der Waals surface area contributed by atoms with Gasteiger partial charge in [0.1, 0.15) is 17.3 Å². The van der Waals surface area contributed by atoms with Crippen LogP contribution in [0.4, 0.5) is 10.1 Å². The van der Waals surface area contributed by atoms with Crippen LogP contribution in [-0.4, -0.2) is 0 Å². The summed E-state index contributed by atoms with van der Waals surface area (Å²) in [6.07, 6.45) is 4.70. The Hall–Kier alpha value is -2.03. The van der Waals surface area contributed by atoms with Gasteiger partial charge in [0.25, 0.3) is 0 Å². The van der Waals surface area contributed by atoms with Crippen LogP contribution in [0.15, 0.2) is 36.4 Å². The van der Waals surface area contributed by atoms with Crippen LogP contribution in [0, 0.1) is 5.82 Å². The number of fused-ring (bicyclic) bond motifs is 1. The number of halogens is 1. The molecule has 0 spiro atoms. The second-order valence-corrected chi connectivity index (χ2v) is 4.89. The molecule has 0 atom stereocenters. The molecule has 98 valence electrons. The smallest absolute Gasteiger partial charge is 0.153 e. The summed E-state index contributed by atoms with van der Waals surface area (Å²) in [5.74, 6) is 0.643. The normalized spacial score (nSPS) is 13.9. The van der Waals surface area contributed by atoms with Crippen LogP contribution >= 0.6 is 0 Å². The van der Waals surface area contributed by atoms with E-state index in [1.165, 1.54) is 30.0 Å². The second kappa shape index (κ2) is 4.92. The van der Waals surface area contributed by atoms with Crippen molar-refractivity contribution in [3.63, 3.8) is 0 Å². The first-order valence-electron chi connectivity index (χ1n) is 6.58. The molecule has 2 N–H and O–H groups in total. The molecule has 0 saturated heterocycles. The first-order chi connectivity index (χ1) is 9.24. The molecule has 0 heterocycles. The highest BCUT2D eigenvalue weighted by molar-refractivity contribution is 5.55. The van der Waals surface area contributed by atoms with Gasteiger partial charge in [-0.15, -0.1) is 0 Å². The number of hydrogen-bond donors (Lipinski definition) is 1. The van der Waals surface area contributed by atoms with Gasteiger partial charge in [0.15, 0.2) is 5.75 Å². The van der Waals surface area contributed by atoms with Gasteiger partial charge < -0.3 is 10.5 Å². The van der Waals surface area contributed by atoms with Crippen LogP contribution < -0.4 is 10.5 Å². The second-order valence-electron chi connectivity index (χ2n) is 4.89. The van der Waals surface area contributed by atoms with E-state index in [1.54, 1.807) is 12.1 Å². The van der Waals surface area contributed by atoms with E-state index in [9.17, 15) is 4.39 Å². The van der Waals surface area contributed by atoms with Gasteiger partial charge in [-0.05, 0) is 61.1 Å². The molecule has 2 aromatic carbocycles. The Morgan fingerprint density at radius 1 is 1.00 bits per heavy atom. The lowest BCUT2D eigenvalue weighted by Gasteiger charge is -2.17. The molecule has 0 bridgehead atoms. The highest BCUT2D eigenvalue weighted by Gasteiger charge is 2.11. The Labute approximate surface area is 112 Å². The van der Waals surface area contributed by atoms with Gasteiger partial charge in [-0.1, -0.05) is 12.1 Å². The summed E-state index contributed by atoms with van der Waals surface area (Å²) in [6.45, 7) is 0. The molecule has 2 nitrogen and oxygen atoms in total. The van der Waals surface area contributed by atoms with Crippen LogP contribution in [0.1, 0.15) is 24.0 Å². The first-order valence-corrected chi connectivity index (χ1v) is 6.58. The zero-order chi connectivity index (χ0) is 13.2. The molecule has 0 aromatic heterocycles. The predicted octanol–water partition coefficient (Wildman–Crippen LogP) is 4.08. The first kappa shape index (κ1) is 12.0. The summed E-state index contributed by atoms with van der Waals surface area (Å²) in [6, 6.07) is 10.7. The summed E-state index contributed by atoms with van der Waals surface area (Å²) >= 11 is 0. The minimum absolute atomic E-state index is 0.0558. The van der Waals surface area contributed by atoms with Crippen LogP contribution in [0.5, 0.6) is 11.5 Å². The van der Waals surface area contributed by atoms with E-state index < -0.39 is 5.82 Å². The maximum absolute atomic E-state index is 13.4. The van der Waals surface area contributed by atoms with Gasteiger partial charge in [0.2, 0.25) is 0 Å². The lowest BCUT2D eigenvalue weighted by Crippen LogP contribution is -2.02. The fourth-order valence-corrected chi connectivity index (χ4v) is 2.51. The van der Waals surface area contributed by atoms with Crippen LogP contribution in [-0.2, 0) is 12.8 Å². The molecule has 1 aliphatic carbocycles. The van der Waals surface area contributed by atoms with Gasteiger partial charge in [-0.25, -0.2) is 4.39 Å². The van der Waals surface area contributed by atoms with Crippen LogP contribution in [0.3, 0.4) is 0 Å². The van der Waals surface area contributed by atoms with E-state index in [0.717, 1.165) is 18.6 Å². The summed E-state index contributed by atoms with van der Waals surface area (Å²) < 4.78 is 19.0. The van der Waals surface area contributed by atoms with Crippen molar-refractivity contribution in [1.29, 1.82) is 0 Å². The van der Waals surface area contributed by atoms with Crippen molar-refractivity contribution in [3.05, 3.63) is 53.3 Å². The lowest BCUT2D eigenvalue weighted by molar-refractivity contribution is 0.478. The number of anilines is 1. The predicted molar refractivity (Wildman–Crippen MR) is 74.0 cm³/mol. The molecule has 0 aliphatic heterocycles. The SMILES string of the molecule is Nc1c(F)cccc1Oc1ccc2c(c1)CCCC2. The third-order valence-corrected chi connectivity index (χ3v) is 3.56. The average molecular weight is 257 g/mol. The molecule has 3 rings (SSSR count). The Kier molecular flexibility index (Phi) is 3.11. The molecule has 0 amide bonds. The fourth-order valence-electron chi connectivity index (χ4n) is 2.51. The number of ether oxygens (including phenoxy) is 1. The van der Waals surface area contributed by atoms with Crippen LogP contribution in [0.25, 0.3) is 0 Å². The third-order valence-electron chi connectivity index (χ3n) is 3.56. The van der Waals surface area contributed by atoms with Crippen molar-refractivity contribution in [2.45, 2.75) is 25.7 Å². The molecule has 3 heteroatoms. The van der Waals surface area contributed by atoms with E-state index in [-0.39, 0.29) is 5.69 Å². The molecular weight excluding hydrogens is 241 g/mol. The molecule has 0 radical (unpaired) electrons. The maximum atomic E-state index is 13.4. The van der Waals surface area contributed by atoms with E-state index in [4.69, 9.17) is 10.5 Å². The standard InChI is InChI=1S/C16H16FNO/c17-14-6-3-7-15(16(14)18)19-13-9-8-11-4-1-2-5-12(11)10-13/h3,6-10H,1-2,4-5,18H2. The molecule has 19 heavy (non-hydrogen) atoms. The zero-order valence-corrected chi connectivity index (χ0v) is 10.7. The molecule has 2 aromatic rings. The van der Waals surface area contributed by atoms with Gasteiger partial charge in [-0.3, -0.25) is 0 Å². The number of rotatable bonds is 2. The monoisotopic (exact) mass is 257 g/mol. The number of para-hydroxylation sites is 1. The van der Waals surface area contributed by atoms with Crippen LogP contribution in [0.2, 0.25) is 0 Å². The topological polar surface area (TPSA) is 35.2 Å². The Morgan fingerprint density at radius 2 is 1.79 bits per heavy atom. The van der Waals surface area contributed by atoms with Gasteiger partial charge in [0, 0.05) is 0 Å². The Morgan fingerprint density at radius 3 is 2.63 bits per heavy atom. The van der Waals surface area contributed by atoms with Crippen molar-refractivity contribution in [2.75, 3.05) is 5.73 Å². The van der Waals surface area contributed by atoms with Crippen molar-refractivity contribution in [3.8, 4) is 11.5 Å². The average Bonchev–Trinajstić information content (AvgIpc) is 2.44. The maximum Gasteiger partial charge on any atom is 0.153 e. The summed E-state index contributed by atoms with van der Waals surface area (Å²) in [5, 5.41) is 0. The van der Waals surface area contributed by atoms with E-state index in [1.807, 2.05) is 12.1 Å². The van der Waals surface area contributed by atoms with E-state index in [2.05, 4.69) is 6.07 Å². The Balaban J connectivity index is 1.89. The molecular formula is C16H16FNO. The number of benzene rings is 2. The van der Waals surface area contributed by atoms with Crippen molar-refractivity contribution < 1.29 is 9.13 Å². The molecule has 0 saturated carbocycles. The summed E-state index contributed by atoms with van der Waals surface area (Å²) in [7, 11) is 0. The minimum atomic E-state index is -0.449. The van der Waals surface area contributed by atoms with E-state index in [0.29, 0.717) is 5.75 Å². The number of hydrogen-bond acceptors (Lipinski definition) is 2. The largest absolute Gasteiger partial charge is 0.455 e. The summed E-state index contributed by atoms with van der Waals surface area (Å²) in [5.41, 5.74) is 8.45. The van der Waals surface area contributed by atoms with E-state index >= 15 is 0 Å². The molecule has 0 unspecified atom stereocenters. The van der Waals surface area contributed by atoms with Gasteiger partial charge in [-0.2, -0.15) is 0 Å². The number of nitrogen functional groups attached to an aromatic ring is 1. The van der Waals surface area contributed by atoms with Crippen molar-refractivity contribution in [1.82, 2.24) is 0 Å². The number of nitrogens with two attached hydrogens (primary N) is 1. The highest BCUT2D eigenvalue weighted by Crippen LogP contribution is 2.31. The lowest BCUT2D eigenvalue weighted by atomic mass is 9.92. The van der Waals surface area contributed by atoms with Gasteiger partial charge >= 0.3 is 0 Å². The highest BCUT2D eigenvalue weighted by atomic mass is 19.1. The quantitative estimate of drug-likeness (QED) is 0.823.